The Labute approximate surface area is 190 Å². The first-order valence-electron chi connectivity index (χ1n) is 10.8. The molecule has 2 aromatic rings. The zero-order valence-electron chi connectivity index (χ0n) is 17.3. The van der Waals surface area contributed by atoms with Gasteiger partial charge in [0.15, 0.2) is 0 Å². The number of carbonyl (C=O) groups is 3. The van der Waals surface area contributed by atoms with Crippen LogP contribution in [0.15, 0.2) is 54.6 Å². The quantitative estimate of drug-likeness (QED) is 0.563. The first-order chi connectivity index (χ1) is 15.5. The Kier molecular flexibility index (Phi) is 4.24. The van der Waals surface area contributed by atoms with Crippen LogP contribution in [0.3, 0.4) is 0 Å². The lowest BCUT2D eigenvalue weighted by Gasteiger charge is -2.37. The minimum Gasteiger partial charge on any atom is -0.495 e. The van der Waals surface area contributed by atoms with Gasteiger partial charge in [-0.15, -0.1) is 0 Å². The molecule has 1 saturated heterocycles. The third kappa shape index (κ3) is 2.75. The second kappa shape index (κ2) is 6.94. The van der Waals surface area contributed by atoms with E-state index in [9.17, 15) is 14.4 Å². The van der Waals surface area contributed by atoms with E-state index in [1.807, 2.05) is 0 Å². The first kappa shape index (κ1) is 19.6. The number of hydrogen-bond donors (Lipinski definition) is 1. The van der Waals surface area contributed by atoms with Gasteiger partial charge in [-0.25, -0.2) is 4.90 Å². The average Bonchev–Trinajstić information content (AvgIpc) is 3.57. The number of allylic oxidation sites excluding steroid dienone is 2. The van der Waals surface area contributed by atoms with E-state index in [1.165, 1.54) is 12.0 Å². The van der Waals surface area contributed by atoms with Crippen LogP contribution in [0.1, 0.15) is 16.8 Å². The van der Waals surface area contributed by atoms with E-state index in [0.717, 1.165) is 6.42 Å². The normalized spacial score (nSPS) is 31.4. The maximum atomic E-state index is 13.3. The number of amides is 3. The molecule has 1 N–H and O–H groups in total. The van der Waals surface area contributed by atoms with Crippen LogP contribution in [0.5, 0.6) is 5.75 Å². The van der Waals surface area contributed by atoms with Crippen molar-refractivity contribution in [2.24, 2.45) is 35.5 Å². The topological polar surface area (TPSA) is 75.7 Å². The van der Waals surface area contributed by atoms with Crippen LogP contribution in [0.25, 0.3) is 0 Å². The fourth-order valence-electron chi connectivity index (χ4n) is 5.97. The summed E-state index contributed by atoms with van der Waals surface area (Å²) in [7, 11) is 1.51. The van der Waals surface area contributed by atoms with E-state index in [-0.39, 0.29) is 41.4 Å². The van der Waals surface area contributed by atoms with Crippen molar-refractivity contribution >= 4 is 40.7 Å². The molecule has 1 aliphatic heterocycles. The lowest BCUT2D eigenvalue weighted by Crippen LogP contribution is -2.40. The van der Waals surface area contributed by atoms with Gasteiger partial charge in [-0.3, -0.25) is 14.4 Å². The summed E-state index contributed by atoms with van der Waals surface area (Å²) in [6.45, 7) is 0. The van der Waals surface area contributed by atoms with E-state index in [2.05, 4.69) is 17.5 Å². The van der Waals surface area contributed by atoms with Crippen LogP contribution in [-0.2, 0) is 9.59 Å². The summed E-state index contributed by atoms with van der Waals surface area (Å²) in [4.78, 5) is 40.9. The van der Waals surface area contributed by atoms with Crippen molar-refractivity contribution in [1.29, 1.82) is 0 Å². The Morgan fingerprint density at radius 2 is 1.72 bits per heavy atom. The smallest absolute Gasteiger partial charge is 0.255 e. The van der Waals surface area contributed by atoms with E-state index >= 15 is 0 Å². The summed E-state index contributed by atoms with van der Waals surface area (Å²) in [6.07, 6.45) is 5.42. The number of hydrogen-bond acceptors (Lipinski definition) is 4. The van der Waals surface area contributed by atoms with Crippen molar-refractivity contribution in [2.75, 3.05) is 17.3 Å². The van der Waals surface area contributed by atoms with Crippen molar-refractivity contribution in [1.82, 2.24) is 0 Å². The van der Waals surface area contributed by atoms with Crippen LogP contribution >= 0.6 is 11.6 Å². The predicted molar refractivity (Wildman–Crippen MR) is 120 cm³/mol. The molecule has 2 aromatic carbocycles. The van der Waals surface area contributed by atoms with Gasteiger partial charge in [-0.05, 0) is 66.5 Å². The summed E-state index contributed by atoms with van der Waals surface area (Å²) in [6, 6.07) is 11.6. The van der Waals surface area contributed by atoms with Crippen molar-refractivity contribution in [3.05, 3.63) is 65.2 Å². The molecule has 0 radical (unpaired) electrons. The zero-order valence-corrected chi connectivity index (χ0v) is 18.1. The molecule has 0 unspecified atom stereocenters. The van der Waals surface area contributed by atoms with Crippen molar-refractivity contribution in [3.8, 4) is 5.75 Å². The highest BCUT2D eigenvalue weighted by molar-refractivity contribution is 6.31. The van der Waals surface area contributed by atoms with Crippen molar-refractivity contribution in [3.63, 3.8) is 0 Å². The molecule has 3 amide bonds. The second-order valence-corrected chi connectivity index (χ2v) is 9.45. The van der Waals surface area contributed by atoms with E-state index in [0.29, 0.717) is 39.5 Å². The molecule has 2 bridgehead atoms. The number of halogens is 1. The minimum absolute atomic E-state index is 0.140. The molecule has 6 nitrogen and oxygen atoms in total. The lowest BCUT2D eigenvalue weighted by atomic mass is 9.63. The van der Waals surface area contributed by atoms with Crippen LogP contribution < -0.4 is 15.0 Å². The second-order valence-electron chi connectivity index (χ2n) is 9.02. The number of anilines is 2. The summed E-state index contributed by atoms with van der Waals surface area (Å²) in [5.74, 6) is 0.708. The highest BCUT2D eigenvalue weighted by Gasteiger charge is 2.67. The maximum Gasteiger partial charge on any atom is 0.255 e. The Morgan fingerprint density at radius 1 is 1.03 bits per heavy atom. The molecule has 7 rings (SSSR count). The third-order valence-electron chi connectivity index (χ3n) is 7.44. The summed E-state index contributed by atoms with van der Waals surface area (Å²) < 4.78 is 5.29. The van der Waals surface area contributed by atoms with Crippen molar-refractivity contribution < 1.29 is 19.1 Å². The SMILES string of the molecule is COc1ccc(Cl)cc1NC(=O)c1cccc(N2C(=O)[C@@H]3[C@H]4C=C[C@@H]([C@@H]5C[C@H]45)[C@H]3C2=O)c1. The largest absolute Gasteiger partial charge is 0.495 e. The number of nitrogens with one attached hydrogen (secondary N) is 1. The summed E-state index contributed by atoms with van der Waals surface area (Å²) in [5.41, 5.74) is 1.22. The Bertz CT molecular complexity index is 1170. The Hall–Kier alpha value is -3.12. The van der Waals surface area contributed by atoms with E-state index in [1.54, 1.807) is 42.5 Å². The molecule has 1 heterocycles. The predicted octanol–water partition coefficient (Wildman–Crippen LogP) is 4.16. The standard InChI is InChI=1S/C25H21ClN2O4/c1-32-20-8-5-13(26)10-19(20)27-23(29)12-3-2-4-14(9-12)28-24(30)21-15-6-7-16(18-11-17(15)18)22(21)25(28)31/h2-10,15-18,21-22H,11H2,1H3,(H,27,29)/t15-,16-,17-,18+,21+,22+/m0/s1. The molecule has 32 heavy (non-hydrogen) atoms. The Morgan fingerprint density at radius 3 is 2.38 bits per heavy atom. The molecule has 2 saturated carbocycles. The zero-order chi connectivity index (χ0) is 22.1. The molecule has 6 atom stereocenters. The number of carbonyl (C=O) groups excluding carboxylic acids is 3. The molecule has 162 valence electrons. The van der Waals surface area contributed by atoms with Gasteiger partial charge in [0, 0.05) is 10.6 Å². The van der Waals surface area contributed by atoms with Gasteiger partial charge in [0.05, 0.1) is 30.3 Å². The van der Waals surface area contributed by atoms with Gasteiger partial charge in [0.1, 0.15) is 5.75 Å². The third-order valence-corrected chi connectivity index (χ3v) is 7.67. The number of ether oxygens (including phenoxy) is 1. The first-order valence-corrected chi connectivity index (χ1v) is 11.2. The van der Waals surface area contributed by atoms with Gasteiger partial charge < -0.3 is 10.1 Å². The molecular formula is C25H21ClN2O4. The molecule has 5 aliphatic rings. The molecule has 0 spiro atoms. The molecule has 3 fully saturated rings. The van der Waals surface area contributed by atoms with Crippen LogP contribution in [0.2, 0.25) is 5.02 Å². The fourth-order valence-corrected chi connectivity index (χ4v) is 6.14. The number of benzene rings is 2. The van der Waals surface area contributed by atoms with E-state index in [4.69, 9.17) is 16.3 Å². The molecule has 0 aromatic heterocycles. The van der Waals surface area contributed by atoms with E-state index < -0.39 is 0 Å². The van der Waals surface area contributed by atoms with Gasteiger partial charge in [-0.2, -0.15) is 0 Å². The highest BCUT2D eigenvalue weighted by atomic mass is 35.5. The van der Waals surface area contributed by atoms with Crippen LogP contribution in [0.4, 0.5) is 11.4 Å². The van der Waals surface area contributed by atoms with Crippen molar-refractivity contribution in [2.45, 2.75) is 6.42 Å². The Balaban J connectivity index is 1.28. The molecule has 4 aliphatic carbocycles. The minimum atomic E-state index is -0.382. The van der Waals surface area contributed by atoms with Crippen LogP contribution in [-0.4, -0.2) is 24.8 Å². The average molecular weight is 449 g/mol. The van der Waals surface area contributed by atoms with Gasteiger partial charge >= 0.3 is 0 Å². The number of nitrogens with zero attached hydrogens (tertiary/aromatic N) is 1. The maximum absolute atomic E-state index is 13.3. The number of imide groups is 1. The molecular weight excluding hydrogens is 428 g/mol. The van der Waals surface area contributed by atoms with Gasteiger partial charge in [0.2, 0.25) is 11.8 Å². The monoisotopic (exact) mass is 448 g/mol. The number of methoxy groups -OCH3 is 1. The molecule has 7 heteroatoms. The summed E-state index contributed by atoms with van der Waals surface area (Å²) >= 11 is 6.05. The number of rotatable bonds is 4. The highest BCUT2D eigenvalue weighted by Crippen LogP contribution is 2.65. The lowest BCUT2D eigenvalue weighted by molar-refractivity contribution is -0.124. The van der Waals surface area contributed by atoms with Gasteiger partial charge in [0.25, 0.3) is 5.91 Å². The summed E-state index contributed by atoms with van der Waals surface area (Å²) in [5, 5.41) is 3.26. The van der Waals surface area contributed by atoms with Crippen LogP contribution in [0, 0.1) is 35.5 Å². The van der Waals surface area contributed by atoms with Gasteiger partial charge in [-0.1, -0.05) is 29.8 Å². The fraction of sp³-hybridized carbons (Fsp3) is 0.320.